The highest BCUT2D eigenvalue weighted by Crippen LogP contribution is 2.17. The quantitative estimate of drug-likeness (QED) is 0.460. The smallest absolute Gasteiger partial charge is 0.329 e. The topological polar surface area (TPSA) is 26.3 Å². The lowest BCUT2D eigenvalue weighted by Crippen LogP contribution is -2.31. The molecule has 0 atom stereocenters. The van der Waals surface area contributed by atoms with Crippen LogP contribution in [-0.2, 0) is 16.0 Å². The van der Waals surface area contributed by atoms with Gasteiger partial charge in [-0.25, -0.2) is 4.79 Å². The molecule has 0 amide bonds. The van der Waals surface area contributed by atoms with Crippen LogP contribution < -0.4 is 0 Å². The molecule has 0 fully saturated rings. The Morgan fingerprint density at radius 1 is 1.22 bits per heavy atom. The summed E-state index contributed by atoms with van der Waals surface area (Å²) in [5.41, 5.74) is 1.22. The van der Waals surface area contributed by atoms with Gasteiger partial charge in [0.05, 0.1) is 14.7 Å². The summed E-state index contributed by atoms with van der Waals surface area (Å²) in [5, 5.41) is 0.883. The molecule has 0 unspecified atom stereocenters. The fourth-order valence-corrected chi connectivity index (χ4v) is 3.14. The van der Waals surface area contributed by atoms with E-state index in [0.29, 0.717) is 6.61 Å². The van der Waals surface area contributed by atoms with Crippen LogP contribution in [0.2, 0.25) is 19.6 Å². The fraction of sp³-hybridized carbons (Fsp3) is 0.400. The molecule has 0 N–H and O–H groups in total. The Morgan fingerprint density at radius 2 is 1.83 bits per heavy atom. The van der Waals surface area contributed by atoms with Crippen LogP contribution in [0.1, 0.15) is 12.5 Å². The van der Waals surface area contributed by atoms with E-state index in [9.17, 15) is 4.79 Å². The summed E-state index contributed by atoms with van der Waals surface area (Å²) in [6, 6.07) is 10.2. The number of allylic oxidation sites excluding steroid dienone is 1. The molecule has 0 radical (unpaired) electrons. The van der Waals surface area contributed by atoms with Crippen LogP contribution in [0.5, 0.6) is 0 Å². The summed E-state index contributed by atoms with van der Waals surface area (Å²) in [6.45, 7) is 8.78. The van der Waals surface area contributed by atoms with Crippen molar-refractivity contribution in [3.8, 4) is 0 Å². The van der Waals surface area contributed by atoms with E-state index in [-0.39, 0.29) is 5.97 Å². The van der Waals surface area contributed by atoms with E-state index in [1.54, 1.807) is 0 Å². The first kappa shape index (κ1) is 14.7. The zero-order valence-electron chi connectivity index (χ0n) is 11.7. The molecule has 98 valence electrons. The maximum Gasteiger partial charge on any atom is 0.329 e. The third-order valence-corrected chi connectivity index (χ3v) is 4.71. The highest BCUT2D eigenvalue weighted by atomic mass is 28.3. The molecule has 0 saturated carbocycles. The molecule has 0 heterocycles. The van der Waals surface area contributed by atoms with Gasteiger partial charge in [-0.3, -0.25) is 0 Å². The van der Waals surface area contributed by atoms with E-state index < -0.39 is 8.07 Å². The minimum absolute atomic E-state index is 0.146. The SMILES string of the molecule is CCOC(=O)/C(=C\Cc1ccccc1)[Si](C)(C)C. The van der Waals surface area contributed by atoms with E-state index in [1.165, 1.54) is 5.56 Å². The highest BCUT2D eigenvalue weighted by Gasteiger charge is 2.26. The van der Waals surface area contributed by atoms with Crippen LogP contribution in [0.15, 0.2) is 41.6 Å². The number of ether oxygens (including phenoxy) is 1. The molecule has 18 heavy (non-hydrogen) atoms. The summed E-state index contributed by atoms with van der Waals surface area (Å²) < 4.78 is 5.15. The lowest BCUT2D eigenvalue weighted by atomic mass is 10.1. The van der Waals surface area contributed by atoms with Gasteiger partial charge in [0.15, 0.2) is 0 Å². The molecular formula is C15H22O2Si. The van der Waals surface area contributed by atoms with E-state index in [0.717, 1.165) is 11.6 Å². The molecule has 2 nitrogen and oxygen atoms in total. The van der Waals surface area contributed by atoms with Gasteiger partial charge in [0, 0.05) is 5.20 Å². The summed E-state index contributed by atoms with van der Waals surface area (Å²) in [6.07, 6.45) is 2.83. The van der Waals surface area contributed by atoms with Crippen LogP contribution in [0.4, 0.5) is 0 Å². The van der Waals surface area contributed by atoms with Crippen molar-refractivity contribution in [3.05, 3.63) is 47.2 Å². The van der Waals surface area contributed by atoms with E-state index >= 15 is 0 Å². The predicted molar refractivity (Wildman–Crippen MR) is 78.2 cm³/mol. The molecule has 0 aromatic heterocycles. The third-order valence-electron chi connectivity index (χ3n) is 2.69. The Labute approximate surface area is 111 Å². The standard InChI is InChI=1S/C15H22O2Si/c1-5-17-15(16)14(18(2,3)4)12-11-13-9-7-6-8-10-13/h6-10,12H,5,11H2,1-4H3/b14-12+. The molecule has 1 rings (SSSR count). The zero-order chi connectivity index (χ0) is 13.6. The molecule has 1 aromatic carbocycles. The van der Waals surface area contributed by atoms with E-state index in [2.05, 4.69) is 31.8 Å². The maximum absolute atomic E-state index is 12.0. The van der Waals surface area contributed by atoms with Crippen molar-refractivity contribution in [1.29, 1.82) is 0 Å². The van der Waals surface area contributed by atoms with Crippen LogP contribution >= 0.6 is 0 Å². The first-order valence-electron chi connectivity index (χ1n) is 6.37. The number of hydrogen-bond acceptors (Lipinski definition) is 2. The van der Waals surface area contributed by atoms with Gasteiger partial charge < -0.3 is 4.74 Å². The Balaban J connectivity index is 2.87. The summed E-state index contributed by atoms with van der Waals surface area (Å²) in [4.78, 5) is 12.0. The van der Waals surface area contributed by atoms with Crippen LogP contribution in [0.25, 0.3) is 0 Å². The van der Waals surface area contributed by atoms with Crippen molar-refractivity contribution < 1.29 is 9.53 Å². The van der Waals surface area contributed by atoms with Crippen molar-refractivity contribution >= 4 is 14.0 Å². The maximum atomic E-state index is 12.0. The molecule has 0 aliphatic carbocycles. The molecule has 0 aliphatic heterocycles. The summed E-state index contributed by atoms with van der Waals surface area (Å²) >= 11 is 0. The molecule has 0 bridgehead atoms. The van der Waals surface area contributed by atoms with Crippen molar-refractivity contribution in [3.63, 3.8) is 0 Å². The fourth-order valence-electron chi connectivity index (χ4n) is 1.74. The first-order valence-corrected chi connectivity index (χ1v) is 9.87. The predicted octanol–water partition coefficient (Wildman–Crippen LogP) is 3.60. The van der Waals surface area contributed by atoms with Gasteiger partial charge in [0.25, 0.3) is 0 Å². The summed E-state index contributed by atoms with van der Waals surface area (Å²) in [5.74, 6) is -0.146. The van der Waals surface area contributed by atoms with Gasteiger partial charge in [-0.2, -0.15) is 0 Å². The Morgan fingerprint density at radius 3 is 2.33 bits per heavy atom. The highest BCUT2D eigenvalue weighted by molar-refractivity contribution is 6.87. The van der Waals surface area contributed by atoms with Crippen molar-refractivity contribution in [2.75, 3.05) is 6.61 Å². The average molecular weight is 262 g/mol. The van der Waals surface area contributed by atoms with Gasteiger partial charge >= 0.3 is 5.97 Å². The number of benzene rings is 1. The minimum Gasteiger partial charge on any atom is -0.463 e. The van der Waals surface area contributed by atoms with Crippen molar-refractivity contribution in [2.45, 2.75) is 33.0 Å². The molecule has 3 heteroatoms. The first-order chi connectivity index (χ1) is 8.45. The lowest BCUT2D eigenvalue weighted by molar-refractivity contribution is -0.137. The molecule has 1 aromatic rings. The van der Waals surface area contributed by atoms with Crippen LogP contribution in [0, 0.1) is 0 Å². The average Bonchev–Trinajstić information content (AvgIpc) is 2.29. The van der Waals surface area contributed by atoms with Crippen molar-refractivity contribution in [1.82, 2.24) is 0 Å². The second-order valence-corrected chi connectivity index (χ2v) is 10.3. The van der Waals surface area contributed by atoms with E-state index in [1.807, 2.05) is 31.2 Å². The molecule has 0 saturated heterocycles. The van der Waals surface area contributed by atoms with Gasteiger partial charge in [-0.05, 0) is 18.9 Å². The normalized spacial score (nSPS) is 12.3. The minimum atomic E-state index is -1.65. The number of carbonyl (C=O) groups is 1. The van der Waals surface area contributed by atoms with Gasteiger partial charge in [0.2, 0.25) is 0 Å². The number of rotatable bonds is 5. The molecule has 0 aliphatic rings. The Hall–Kier alpha value is -1.35. The number of esters is 1. The van der Waals surface area contributed by atoms with Gasteiger partial charge in [0.1, 0.15) is 0 Å². The van der Waals surface area contributed by atoms with Gasteiger partial charge in [-0.15, -0.1) is 0 Å². The van der Waals surface area contributed by atoms with E-state index in [4.69, 9.17) is 4.74 Å². The largest absolute Gasteiger partial charge is 0.463 e. The van der Waals surface area contributed by atoms with Gasteiger partial charge in [-0.1, -0.05) is 56.0 Å². The van der Waals surface area contributed by atoms with Crippen LogP contribution in [0.3, 0.4) is 0 Å². The number of hydrogen-bond donors (Lipinski definition) is 0. The number of carbonyl (C=O) groups excluding carboxylic acids is 1. The second-order valence-electron chi connectivity index (χ2n) is 5.28. The zero-order valence-corrected chi connectivity index (χ0v) is 12.7. The molecular weight excluding hydrogens is 240 g/mol. The lowest BCUT2D eigenvalue weighted by Gasteiger charge is -2.19. The molecule has 0 spiro atoms. The third kappa shape index (κ3) is 4.49. The summed E-state index contributed by atoms with van der Waals surface area (Å²) in [7, 11) is -1.65. The van der Waals surface area contributed by atoms with Crippen LogP contribution in [-0.4, -0.2) is 20.7 Å². The Bertz CT molecular complexity index is 416. The van der Waals surface area contributed by atoms with Crippen molar-refractivity contribution in [2.24, 2.45) is 0 Å². The monoisotopic (exact) mass is 262 g/mol. The Kier molecular flexibility index (Phi) is 5.35. The second kappa shape index (κ2) is 6.54.